The van der Waals surface area contributed by atoms with Crippen LogP contribution in [0.5, 0.6) is 0 Å². The molecule has 0 aromatic heterocycles. The van der Waals surface area contributed by atoms with Gasteiger partial charge in [-0.05, 0) is 93.6 Å². The third kappa shape index (κ3) is 5.45. The third-order valence-corrected chi connectivity index (χ3v) is 6.86. The summed E-state index contributed by atoms with van der Waals surface area (Å²) < 4.78 is 4.99. The number of esters is 1. The molecule has 0 saturated carbocycles. The number of likely N-dealkylation sites (tertiary alicyclic amines) is 1. The number of aryl methyl sites for hydroxylation is 1. The summed E-state index contributed by atoms with van der Waals surface area (Å²) in [5.74, 6) is -0.169. The molecular formula is C26H29ClN2O4. The van der Waals surface area contributed by atoms with E-state index in [4.69, 9.17) is 16.3 Å². The zero-order valence-electron chi connectivity index (χ0n) is 18.8. The highest BCUT2D eigenvalue weighted by Gasteiger charge is 2.43. The molecule has 2 aromatic carbocycles. The molecule has 7 heteroatoms. The first-order valence-corrected chi connectivity index (χ1v) is 12.0. The number of benzene rings is 2. The average Bonchev–Trinajstić information content (AvgIpc) is 3.13. The number of hydrogen-bond donors (Lipinski definition) is 0. The molecule has 6 nitrogen and oxygen atoms in total. The van der Waals surface area contributed by atoms with Crippen LogP contribution in [0, 0.1) is 5.92 Å². The molecule has 174 valence electrons. The largest absolute Gasteiger partial charge is 0.462 e. The van der Waals surface area contributed by atoms with E-state index < -0.39 is 12.0 Å². The van der Waals surface area contributed by atoms with Crippen LogP contribution in [0.1, 0.15) is 48.5 Å². The van der Waals surface area contributed by atoms with E-state index in [1.807, 2.05) is 12.1 Å². The molecular weight excluding hydrogens is 440 g/mol. The molecule has 0 radical (unpaired) electrons. The van der Waals surface area contributed by atoms with Crippen LogP contribution in [0.4, 0.5) is 5.69 Å². The van der Waals surface area contributed by atoms with Crippen LogP contribution in [0.2, 0.25) is 5.02 Å². The zero-order valence-corrected chi connectivity index (χ0v) is 19.6. The maximum Gasteiger partial charge on any atom is 0.338 e. The molecule has 2 heterocycles. The monoisotopic (exact) mass is 468 g/mol. The number of amides is 2. The fourth-order valence-corrected chi connectivity index (χ4v) is 4.83. The summed E-state index contributed by atoms with van der Waals surface area (Å²) >= 11 is 5.96. The van der Waals surface area contributed by atoms with Gasteiger partial charge < -0.3 is 4.74 Å². The van der Waals surface area contributed by atoms with Gasteiger partial charge in [0, 0.05) is 5.02 Å². The Balaban J connectivity index is 1.31. The quantitative estimate of drug-likeness (QED) is 0.442. The maximum absolute atomic E-state index is 13.1. The molecule has 2 saturated heterocycles. The van der Waals surface area contributed by atoms with Crippen LogP contribution >= 0.6 is 11.6 Å². The van der Waals surface area contributed by atoms with E-state index in [1.165, 1.54) is 10.5 Å². The van der Waals surface area contributed by atoms with Gasteiger partial charge in [-0.25, -0.2) is 9.69 Å². The first-order chi connectivity index (χ1) is 16.0. The van der Waals surface area contributed by atoms with Crippen molar-refractivity contribution in [1.82, 2.24) is 4.90 Å². The molecule has 33 heavy (non-hydrogen) atoms. The number of ether oxygens (including phenoxy) is 1. The van der Waals surface area contributed by atoms with E-state index in [9.17, 15) is 14.4 Å². The van der Waals surface area contributed by atoms with Crippen molar-refractivity contribution in [2.24, 2.45) is 5.92 Å². The smallest absolute Gasteiger partial charge is 0.338 e. The first kappa shape index (κ1) is 23.5. The van der Waals surface area contributed by atoms with Gasteiger partial charge in [0.2, 0.25) is 5.91 Å². The van der Waals surface area contributed by atoms with Gasteiger partial charge in [-0.1, -0.05) is 23.7 Å². The molecule has 4 rings (SSSR count). The van der Waals surface area contributed by atoms with E-state index in [0.717, 1.165) is 43.8 Å². The Morgan fingerprint density at radius 2 is 1.70 bits per heavy atom. The standard InChI is InChI=1S/C26H29ClN2O4/c1-2-33-26(32)20-7-11-22(12-8-20)29-24(30)17-23(25(29)31)28-15-13-19(14-16-28)4-3-18-5-9-21(27)10-6-18/h5-12,19,23H,2-4,13-17H2,1H3. The molecule has 2 aromatic rings. The van der Waals surface area contributed by atoms with Crippen molar-refractivity contribution in [3.8, 4) is 0 Å². The average molecular weight is 469 g/mol. The van der Waals surface area contributed by atoms with Crippen molar-refractivity contribution in [3.05, 3.63) is 64.7 Å². The maximum atomic E-state index is 13.1. The van der Waals surface area contributed by atoms with Gasteiger partial charge in [-0.15, -0.1) is 0 Å². The number of halogens is 1. The molecule has 0 aliphatic carbocycles. The highest BCUT2D eigenvalue weighted by Crippen LogP contribution is 2.30. The van der Waals surface area contributed by atoms with E-state index in [1.54, 1.807) is 31.2 Å². The summed E-state index contributed by atoms with van der Waals surface area (Å²) in [6, 6.07) is 14.1. The Hall–Kier alpha value is -2.70. The first-order valence-electron chi connectivity index (χ1n) is 11.6. The van der Waals surface area contributed by atoms with Crippen molar-refractivity contribution in [2.75, 3.05) is 24.6 Å². The Bertz CT molecular complexity index is 998. The number of nitrogens with zero attached hydrogens (tertiary/aromatic N) is 2. The van der Waals surface area contributed by atoms with Crippen LogP contribution in [0.25, 0.3) is 0 Å². The summed E-state index contributed by atoms with van der Waals surface area (Å²) in [6.45, 7) is 3.69. The highest BCUT2D eigenvalue weighted by molar-refractivity contribution is 6.30. The Labute approximate surface area is 199 Å². The van der Waals surface area contributed by atoms with Crippen molar-refractivity contribution in [2.45, 2.75) is 45.1 Å². The lowest BCUT2D eigenvalue weighted by Gasteiger charge is -2.34. The van der Waals surface area contributed by atoms with E-state index in [0.29, 0.717) is 23.8 Å². The summed E-state index contributed by atoms with van der Waals surface area (Å²) in [5.41, 5.74) is 2.19. The second kappa shape index (κ2) is 10.5. The van der Waals surface area contributed by atoms with Crippen LogP contribution in [-0.4, -0.2) is 48.4 Å². The van der Waals surface area contributed by atoms with Gasteiger partial charge >= 0.3 is 5.97 Å². The summed E-state index contributed by atoms with van der Waals surface area (Å²) in [6.07, 6.45) is 4.40. The number of carbonyl (C=O) groups excluding carboxylic acids is 3. The summed E-state index contributed by atoms with van der Waals surface area (Å²) in [5, 5.41) is 0.756. The molecule has 2 aliphatic rings. The number of anilines is 1. The molecule has 1 atom stereocenters. The number of rotatable bonds is 7. The van der Waals surface area contributed by atoms with Crippen molar-refractivity contribution in [3.63, 3.8) is 0 Å². The van der Waals surface area contributed by atoms with Gasteiger partial charge in [0.25, 0.3) is 5.91 Å². The van der Waals surface area contributed by atoms with Gasteiger partial charge in [0.1, 0.15) is 0 Å². The Kier molecular flexibility index (Phi) is 7.46. The number of hydrogen-bond acceptors (Lipinski definition) is 5. The Morgan fingerprint density at radius 3 is 2.33 bits per heavy atom. The lowest BCUT2D eigenvalue weighted by atomic mass is 9.90. The SMILES string of the molecule is CCOC(=O)c1ccc(N2C(=O)CC(N3CCC(CCc4ccc(Cl)cc4)CC3)C2=O)cc1. The van der Waals surface area contributed by atoms with E-state index in [-0.39, 0.29) is 18.2 Å². The van der Waals surface area contributed by atoms with Crippen LogP contribution in [0.15, 0.2) is 48.5 Å². The van der Waals surface area contributed by atoms with Crippen molar-refractivity contribution in [1.29, 1.82) is 0 Å². The van der Waals surface area contributed by atoms with E-state index in [2.05, 4.69) is 17.0 Å². The van der Waals surface area contributed by atoms with Gasteiger partial charge in [0.15, 0.2) is 0 Å². The fraction of sp³-hybridized carbons (Fsp3) is 0.423. The zero-order chi connectivity index (χ0) is 23.4. The van der Waals surface area contributed by atoms with E-state index >= 15 is 0 Å². The molecule has 0 bridgehead atoms. The minimum absolute atomic E-state index is 0.177. The molecule has 0 spiro atoms. The number of imide groups is 1. The second-order valence-corrected chi connectivity index (χ2v) is 9.14. The Morgan fingerprint density at radius 1 is 1.03 bits per heavy atom. The van der Waals surface area contributed by atoms with Gasteiger partial charge in [-0.3, -0.25) is 14.5 Å². The molecule has 2 fully saturated rings. The van der Waals surface area contributed by atoms with Crippen LogP contribution in [0.3, 0.4) is 0 Å². The molecule has 1 unspecified atom stereocenters. The fourth-order valence-electron chi connectivity index (χ4n) is 4.71. The van der Waals surface area contributed by atoms with Gasteiger partial charge in [0.05, 0.1) is 30.3 Å². The minimum Gasteiger partial charge on any atom is -0.462 e. The predicted octanol–water partition coefficient (Wildman–Crippen LogP) is 4.49. The molecule has 2 amide bonds. The molecule has 2 aliphatic heterocycles. The molecule has 0 N–H and O–H groups in total. The number of carbonyl (C=O) groups is 3. The summed E-state index contributed by atoms with van der Waals surface area (Å²) in [7, 11) is 0. The minimum atomic E-state index is -0.417. The normalized spacial score (nSPS) is 19.8. The topological polar surface area (TPSA) is 66.9 Å². The van der Waals surface area contributed by atoms with Gasteiger partial charge in [-0.2, -0.15) is 0 Å². The third-order valence-electron chi connectivity index (χ3n) is 6.60. The lowest BCUT2D eigenvalue weighted by molar-refractivity contribution is -0.123. The second-order valence-electron chi connectivity index (χ2n) is 8.70. The summed E-state index contributed by atoms with van der Waals surface area (Å²) in [4.78, 5) is 41.1. The number of piperidine rings is 1. The highest BCUT2D eigenvalue weighted by atomic mass is 35.5. The van der Waals surface area contributed by atoms with Crippen LogP contribution in [-0.2, 0) is 20.7 Å². The van der Waals surface area contributed by atoms with Crippen molar-refractivity contribution >= 4 is 35.1 Å². The van der Waals surface area contributed by atoms with Crippen LogP contribution < -0.4 is 4.90 Å². The van der Waals surface area contributed by atoms with Crippen molar-refractivity contribution < 1.29 is 19.1 Å². The lowest BCUT2D eigenvalue weighted by Crippen LogP contribution is -2.46. The predicted molar refractivity (Wildman–Crippen MR) is 127 cm³/mol.